The SMILES string of the molecule is CC(O)[C@]1(O)CC2C(S(=O)(=O)c3cc(C(=O)Nc4cc(F)c(F)c(F)c4)ccc3Cl)[C@@H](C[C@@H]2C)C1. The van der Waals surface area contributed by atoms with Crippen molar-refractivity contribution in [2.45, 2.75) is 55.0 Å². The van der Waals surface area contributed by atoms with Gasteiger partial charge in [0.15, 0.2) is 27.3 Å². The zero-order chi connectivity index (χ0) is 25.9. The number of sulfone groups is 1. The van der Waals surface area contributed by atoms with Crippen molar-refractivity contribution in [3.8, 4) is 0 Å². The fourth-order valence-corrected chi connectivity index (χ4v) is 8.49. The van der Waals surface area contributed by atoms with Crippen LogP contribution in [0.4, 0.5) is 18.9 Å². The predicted molar refractivity (Wildman–Crippen MR) is 123 cm³/mol. The van der Waals surface area contributed by atoms with E-state index in [0.717, 1.165) is 6.07 Å². The molecule has 3 N–H and O–H groups in total. The van der Waals surface area contributed by atoms with E-state index < -0.39 is 62.0 Å². The molecule has 35 heavy (non-hydrogen) atoms. The van der Waals surface area contributed by atoms with Gasteiger partial charge in [0.1, 0.15) is 0 Å². The van der Waals surface area contributed by atoms with E-state index in [1.165, 1.54) is 19.1 Å². The van der Waals surface area contributed by atoms with Crippen molar-refractivity contribution in [3.63, 3.8) is 0 Å². The van der Waals surface area contributed by atoms with E-state index in [-0.39, 0.29) is 39.9 Å². The number of benzene rings is 2. The number of hydrogen-bond acceptors (Lipinski definition) is 5. The summed E-state index contributed by atoms with van der Waals surface area (Å²) in [6.45, 7) is 3.39. The molecule has 2 bridgehead atoms. The highest BCUT2D eigenvalue weighted by molar-refractivity contribution is 7.92. The summed E-state index contributed by atoms with van der Waals surface area (Å²) >= 11 is 6.24. The molecule has 3 unspecified atom stereocenters. The van der Waals surface area contributed by atoms with Gasteiger partial charge in [0.2, 0.25) is 0 Å². The summed E-state index contributed by atoms with van der Waals surface area (Å²) in [5.74, 6) is -6.36. The second kappa shape index (κ2) is 9.06. The normalized spacial score (nSPS) is 29.1. The Balaban J connectivity index is 1.65. The minimum Gasteiger partial charge on any atom is -0.390 e. The number of aliphatic hydroxyl groups is 2. The first-order valence-corrected chi connectivity index (χ1v) is 13.1. The molecule has 0 radical (unpaired) electrons. The largest absolute Gasteiger partial charge is 0.390 e. The van der Waals surface area contributed by atoms with Gasteiger partial charge in [-0.05, 0) is 62.1 Å². The topological polar surface area (TPSA) is 104 Å². The molecule has 6 nitrogen and oxygen atoms in total. The molecule has 0 aliphatic heterocycles. The fraction of sp³-hybridized carbons (Fsp3) is 0.458. The Hall–Kier alpha value is -2.14. The minimum absolute atomic E-state index is 0.0129. The highest BCUT2D eigenvalue weighted by Gasteiger charge is 2.58. The zero-order valence-electron chi connectivity index (χ0n) is 18.9. The fourth-order valence-electron chi connectivity index (χ4n) is 5.59. The number of aliphatic hydroxyl groups excluding tert-OH is 1. The number of amides is 1. The standard InChI is InChI=1S/C24H25ClF3NO5S/c1-11-5-14-9-24(32,12(2)30)10-16(11)22(14)35(33,34)20-6-13(3-4-17(20)25)23(31)29-15-7-18(26)21(28)19(27)8-15/h3-4,6-8,11-12,14,16,22,30,32H,5,9-10H2,1-2H3,(H,29,31)/t11-,12?,14-,16?,22?,24+/m0/s1. The van der Waals surface area contributed by atoms with Crippen LogP contribution in [0, 0.1) is 35.2 Å². The van der Waals surface area contributed by atoms with Crippen molar-refractivity contribution < 1.29 is 36.6 Å². The van der Waals surface area contributed by atoms with Gasteiger partial charge >= 0.3 is 0 Å². The lowest BCUT2D eigenvalue weighted by molar-refractivity contribution is -0.104. The molecule has 0 spiro atoms. The number of hydrogen-bond donors (Lipinski definition) is 3. The number of anilines is 1. The lowest BCUT2D eigenvalue weighted by Crippen LogP contribution is -2.51. The summed E-state index contributed by atoms with van der Waals surface area (Å²) in [5.41, 5.74) is -1.85. The molecule has 2 aromatic rings. The molecule has 0 heterocycles. The number of nitrogens with one attached hydrogen (secondary N) is 1. The summed E-state index contributed by atoms with van der Waals surface area (Å²) in [4.78, 5) is 12.4. The molecule has 0 aromatic heterocycles. The smallest absolute Gasteiger partial charge is 0.255 e. The Kier molecular flexibility index (Phi) is 6.72. The van der Waals surface area contributed by atoms with Gasteiger partial charge in [0.25, 0.3) is 5.91 Å². The number of halogens is 4. The first-order chi connectivity index (χ1) is 16.2. The van der Waals surface area contributed by atoms with Crippen LogP contribution < -0.4 is 5.32 Å². The van der Waals surface area contributed by atoms with Gasteiger partial charge < -0.3 is 15.5 Å². The molecule has 0 saturated heterocycles. The predicted octanol–water partition coefficient (Wildman–Crippen LogP) is 4.33. The first-order valence-electron chi connectivity index (χ1n) is 11.1. The molecular formula is C24H25ClF3NO5S. The van der Waals surface area contributed by atoms with Crippen LogP contribution in [0.25, 0.3) is 0 Å². The van der Waals surface area contributed by atoms with Gasteiger partial charge in [0.05, 0.1) is 26.9 Å². The van der Waals surface area contributed by atoms with Gasteiger partial charge in [-0.3, -0.25) is 4.79 Å². The lowest BCUT2D eigenvalue weighted by atomic mass is 9.74. The summed E-state index contributed by atoms with van der Waals surface area (Å²) in [6, 6.07) is 4.82. The average molecular weight is 532 g/mol. The molecule has 11 heteroatoms. The Morgan fingerprint density at radius 1 is 1.17 bits per heavy atom. The molecular weight excluding hydrogens is 507 g/mol. The molecule has 6 atom stereocenters. The maximum atomic E-state index is 13.8. The van der Waals surface area contributed by atoms with Crippen LogP contribution >= 0.6 is 11.6 Å². The monoisotopic (exact) mass is 531 g/mol. The van der Waals surface area contributed by atoms with Gasteiger partial charge in [-0.25, -0.2) is 21.6 Å². The van der Waals surface area contributed by atoms with E-state index in [1.54, 1.807) is 0 Å². The first kappa shape index (κ1) is 25.9. The summed E-state index contributed by atoms with van der Waals surface area (Å²) in [7, 11) is -4.06. The molecule has 4 rings (SSSR count). The highest BCUT2D eigenvalue weighted by atomic mass is 35.5. The van der Waals surface area contributed by atoms with Crippen molar-refractivity contribution in [2.75, 3.05) is 5.32 Å². The maximum absolute atomic E-state index is 13.8. The molecule has 2 fully saturated rings. The number of fused-ring (bicyclic) bond motifs is 2. The van der Waals surface area contributed by atoms with Crippen LogP contribution in [-0.2, 0) is 9.84 Å². The molecule has 1 amide bonds. The van der Waals surface area contributed by atoms with Crippen molar-refractivity contribution in [2.24, 2.45) is 17.8 Å². The number of rotatable bonds is 5. The van der Waals surface area contributed by atoms with Crippen LogP contribution in [0.15, 0.2) is 35.2 Å². The third-order valence-corrected chi connectivity index (χ3v) is 10.2. The third-order valence-electron chi connectivity index (χ3n) is 7.37. The van der Waals surface area contributed by atoms with Crippen molar-refractivity contribution in [1.29, 1.82) is 0 Å². The summed E-state index contributed by atoms with van der Waals surface area (Å²) in [5, 5.41) is 22.2. The van der Waals surface area contributed by atoms with Crippen molar-refractivity contribution in [3.05, 3.63) is 58.4 Å². The van der Waals surface area contributed by atoms with E-state index in [4.69, 9.17) is 11.6 Å². The zero-order valence-corrected chi connectivity index (χ0v) is 20.5. The van der Waals surface area contributed by atoms with Gasteiger partial charge in [-0.2, -0.15) is 0 Å². The molecule has 2 aliphatic rings. The lowest BCUT2D eigenvalue weighted by Gasteiger charge is -2.43. The van der Waals surface area contributed by atoms with E-state index >= 15 is 0 Å². The van der Waals surface area contributed by atoms with Crippen LogP contribution in [0.5, 0.6) is 0 Å². The number of carbonyl (C=O) groups is 1. The molecule has 2 saturated carbocycles. The van der Waals surface area contributed by atoms with Crippen molar-refractivity contribution >= 4 is 33.0 Å². The van der Waals surface area contributed by atoms with Gasteiger partial charge in [0, 0.05) is 23.4 Å². The van der Waals surface area contributed by atoms with E-state index in [9.17, 15) is 36.6 Å². The minimum atomic E-state index is -4.06. The van der Waals surface area contributed by atoms with Crippen LogP contribution in [-0.4, -0.2) is 41.5 Å². The highest BCUT2D eigenvalue weighted by Crippen LogP contribution is 2.54. The Morgan fingerprint density at radius 3 is 2.37 bits per heavy atom. The maximum Gasteiger partial charge on any atom is 0.255 e. The van der Waals surface area contributed by atoms with E-state index in [0.29, 0.717) is 18.6 Å². The Labute approximate surface area is 206 Å². The van der Waals surface area contributed by atoms with Crippen LogP contribution in [0.2, 0.25) is 5.02 Å². The Bertz CT molecular complexity index is 1260. The van der Waals surface area contributed by atoms with Crippen molar-refractivity contribution in [1.82, 2.24) is 0 Å². The molecule has 2 aromatic carbocycles. The third kappa shape index (κ3) is 4.57. The molecule has 190 valence electrons. The average Bonchev–Trinajstić information content (AvgIpc) is 2.99. The van der Waals surface area contributed by atoms with E-state index in [1.807, 2.05) is 6.92 Å². The van der Waals surface area contributed by atoms with Crippen LogP contribution in [0.1, 0.15) is 43.5 Å². The van der Waals surface area contributed by atoms with Gasteiger partial charge in [-0.1, -0.05) is 18.5 Å². The van der Waals surface area contributed by atoms with E-state index in [2.05, 4.69) is 5.32 Å². The quantitative estimate of drug-likeness (QED) is 0.498. The Morgan fingerprint density at radius 2 is 1.80 bits per heavy atom. The second-order valence-corrected chi connectivity index (χ2v) is 12.2. The number of carbonyl (C=O) groups excluding carboxylic acids is 1. The summed E-state index contributed by atoms with van der Waals surface area (Å²) < 4.78 is 67.7. The van der Waals surface area contributed by atoms with Crippen LogP contribution in [0.3, 0.4) is 0 Å². The molecule has 2 aliphatic carbocycles. The van der Waals surface area contributed by atoms with Gasteiger partial charge in [-0.15, -0.1) is 0 Å². The summed E-state index contributed by atoms with van der Waals surface area (Å²) in [6.07, 6.45) is -0.220. The second-order valence-electron chi connectivity index (χ2n) is 9.69.